The largest absolute Gasteiger partial charge is 0.472 e. The summed E-state index contributed by atoms with van der Waals surface area (Å²) >= 11 is 1.43. The van der Waals surface area contributed by atoms with Gasteiger partial charge in [0.15, 0.2) is 0 Å². The third-order valence-corrected chi connectivity index (χ3v) is 8.26. The number of hydrogen-bond donors (Lipinski definition) is 0. The lowest BCUT2D eigenvalue weighted by molar-refractivity contribution is 0.0988. The van der Waals surface area contributed by atoms with E-state index in [-0.39, 0.29) is 11.7 Å². The van der Waals surface area contributed by atoms with E-state index in [9.17, 15) is 4.79 Å². The monoisotopic (exact) mass is 481 g/mol. The molecule has 2 aliphatic heterocycles. The summed E-state index contributed by atoms with van der Waals surface area (Å²) in [6.07, 6.45) is 3.52. The highest BCUT2D eigenvalue weighted by Gasteiger charge is 2.56. The van der Waals surface area contributed by atoms with Gasteiger partial charge in [-0.1, -0.05) is 6.07 Å². The Labute approximate surface area is 202 Å². The molecule has 2 saturated heterocycles. The zero-order chi connectivity index (χ0) is 23.1. The number of rotatable bonds is 7. The number of amides is 1. The number of carbonyl (C=O) groups is 1. The number of likely N-dealkylation sites (tertiary alicyclic amines) is 1. The van der Waals surface area contributed by atoms with Gasteiger partial charge >= 0.3 is 0 Å². The highest BCUT2D eigenvalue weighted by atomic mass is 32.1. The number of ether oxygens (including phenoxy) is 1. The van der Waals surface area contributed by atoms with Crippen LogP contribution in [0.15, 0.2) is 58.7 Å². The van der Waals surface area contributed by atoms with Crippen molar-refractivity contribution in [3.63, 3.8) is 0 Å². The number of halogens is 1. The fourth-order valence-electron chi connectivity index (χ4n) is 5.55. The lowest BCUT2D eigenvalue weighted by Gasteiger charge is -2.30. The van der Waals surface area contributed by atoms with E-state index in [0.717, 1.165) is 19.6 Å². The maximum Gasteiger partial charge on any atom is 0.268 e. The Balaban J connectivity index is 1.18. The zero-order valence-electron chi connectivity index (χ0n) is 18.9. The van der Waals surface area contributed by atoms with E-state index in [4.69, 9.17) is 9.15 Å². The maximum absolute atomic E-state index is 15.2. The molecule has 0 bridgehead atoms. The van der Waals surface area contributed by atoms with Gasteiger partial charge in [0.25, 0.3) is 5.91 Å². The number of fused-ring (bicyclic) bond motifs is 1. The van der Waals surface area contributed by atoms with Crippen molar-refractivity contribution in [2.75, 3.05) is 55.7 Å². The molecule has 8 heteroatoms. The molecule has 0 spiro atoms. The summed E-state index contributed by atoms with van der Waals surface area (Å²) < 4.78 is 25.8. The second-order valence-electron chi connectivity index (χ2n) is 9.45. The standard InChI is InChI=1S/C26H28FN3O3S/c27-23-12-19(3-4-24(23)29-6-9-32-10-7-29)30(26(31)25-2-1-11-34-25)16-22-20-14-28(15-21(20)22)13-18-5-8-33-17-18/h1-5,8,11-12,17,20-22H,6-7,9-10,13-16H2. The number of nitrogens with zero attached hydrogens (tertiary/aromatic N) is 3. The van der Waals surface area contributed by atoms with Gasteiger partial charge in [-0.15, -0.1) is 11.3 Å². The van der Waals surface area contributed by atoms with Crippen molar-refractivity contribution in [3.05, 3.63) is 70.6 Å². The molecule has 0 N–H and O–H groups in total. The number of carbonyl (C=O) groups excluding carboxylic acids is 1. The van der Waals surface area contributed by atoms with Gasteiger partial charge in [-0.25, -0.2) is 4.39 Å². The molecule has 6 nitrogen and oxygen atoms in total. The van der Waals surface area contributed by atoms with Gasteiger partial charge in [0, 0.05) is 50.5 Å². The minimum atomic E-state index is -0.286. The van der Waals surface area contributed by atoms with Crippen molar-refractivity contribution < 1.29 is 18.3 Å². The Morgan fingerprint density at radius 3 is 2.65 bits per heavy atom. The molecule has 1 aromatic carbocycles. The predicted molar refractivity (Wildman–Crippen MR) is 130 cm³/mol. The molecule has 2 atom stereocenters. The topological polar surface area (TPSA) is 49.2 Å². The summed E-state index contributed by atoms with van der Waals surface area (Å²) in [5, 5.41) is 1.91. The van der Waals surface area contributed by atoms with E-state index < -0.39 is 0 Å². The maximum atomic E-state index is 15.2. The number of piperidine rings is 1. The summed E-state index contributed by atoms with van der Waals surface area (Å²) in [5.74, 6) is 1.29. The van der Waals surface area contributed by atoms with E-state index >= 15 is 4.39 Å². The highest BCUT2D eigenvalue weighted by Crippen LogP contribution is 2.52. The van der Waals surface area contributed by atoms with Crippen LogP contribution in [0.3, 0.4) is 0 Å². The van der Waals surface area contributed by atoms with Crippen molar-refractivity contribution in [3.8, 4) is 0 Å². The van der Waals surface area contributed by atoms with Crippen LogP contribution in [0.2, 0.25) is 0 Å². The van der Waals surface area contributed by atoms with Crippen molar-refractivity contribution >= 4 is 28.6 Å². The molecular formula is C26H28FN3O3S. The fourth-order valence-corrected chi connectivity index (χ4v) is 6.22. The smallest absolute Gasteiger partial charge is 0.268 e. The summed E-state index contributed by atoms with van der Waals surface area (Å²) in [7, 11) is 0. The zero-order valence-corrected chi connectivity index (χ0v) is 19.8. The summed E-state index contributed by atoms with van der Waals surface area (Å²) in [6, 6.07) is 11.0. The molecule has 178 valence electrons. The Morgan fingerprint density at radius 1 is 1.15 bits per heavy atom. The lowest BCUT2D eigenvalue weighted by Crippen LogP contribution is -2.37. The van der Waals surface area contributed by atoms with Gasteiger partial charge in [0.1, 0.15) is 5.82 Å². The molecule has 6 rings (SSSR count). The Morgan fingerprint density at radius 2 is 1.97 bits per heavy atom. The Hall–Kier alpha value is -2.68. The van der Waals surface area contributed by atoms with Gasteiger partial charge in [-0.2, -0.15) is 0 Å². The normalized spacial score (nSPS) is 24.3. The summed E-state index contributed by atoms with van der Waals surface area (Å²) in [5.41, 5.74) is 2.41. The van der Waals surface area contributed by atoms with E-state index in [2.05, 4.69) is 4.90 Å². The molecule has 4 heterocycles. The molecular weight excluding hydrogens is 453 g/mol. The van der Waals surface area contributed by atoms with Gasteiger partial charge in [0.2, 0.25) is 0 Å². The Bertz CT molecular complexity index is 1120. The highest BCUT2D eigenvalue weighted by molar-refractivity contribution is 7.12. The first-order valence-corrected chi connectivity index (χ1v) is 12.8. The van der Waals surface area contributed by atoms with Crippen molar-refractivity contribution in [2.45, 2.75) is 6.54 Å². The number of morpholine rings is 1. The van der Waals surface area contributed by atoms with Crippen LogP contribution < -0.4 is 9.80 Å². The third-order valence-electron chi connectivity index (χ3n) is 7.40. The van der Waals surface area contributed by atoms with Crippen LogP contribution in [0.25, 0.3) is 0 Å². The van der Waals surface area contributed by atoms with Crippen molar-refractivity contribution in [2.24, 2.45) is 17.8 Å². The van der Waals surface area contributed by atoms with E-state index in [1.807, 2.05) is 40.6 Å². The quantitative estimate of drug-likeness (QED) is 0.503. The van der Waals surface area contributed by atoms with E-state index in [1.165, 1.54) is 23.0 Å². The molecule has 3 aromatic rings. The second-order valence-corrected chi connectivity index (χ2v) is 10.4. The van der Waals surface area contributed by atoms with Crippen LogP contribution in [-0.4, -0.2) is 56.7 Å². The number of thiophene rings is 1. The molecule has 1 amide bonds. The van der Waals surface area contributed by atoms with Gasteiger partial charge in [0.05, 0.1) is 36.3 Å². The number of hydrogen-bond acceptors (Lipinski definition) is 6. The molecule has 0 radical (unpaired) electrons. The van der Waals surface area contributed by atoms with Crippen LogP contribution in [0.4, 0.5) is 15.8 Å². The van der Waals surface area contributed by atoms with Crippen LogP contribution in [0.5, 0.6) is 0 Å². The van der Waals surface area contributed by atoms with E-state index in [0.29, 0.717) is 66.9 Å². The number of furan rings is 1. The van der Waals surface area contributed by atoms with Crippen LogP contribution in [0.1, 0.15) is 15.2 Å². The second kappa shape index (κ2) is 9.17. The molecule has 2 unspecified atom stereocenters. The van der Waals surface area contributed by atoms with Crippen molar-refractivity contribution in [1.82, 2.24) is 4.90 Å². The first-order valence-electron chi connectivity index (χ1n) is 11.9. The molecule has 3 aliphatic rings. The van der Waals surface area contributed by atoms with Gasteiger partial charge < -0.3 is 19.0 Å². The van der Waals surface area contributed by atoms with Crippen LogP contribution in [-0.2, 0) is 11.3 Å². The number of benzene rings is 1. The molecule has 3 fully saturated rings. The minimum Gasteiger partial charge on any atom is -0.472 e. The third kappa shape index (κ3) is 4.26. The SMILES string of the molecule is O=C(c1cccs1)N(CC1C2CN(Cc3ccoc3)CC21)c1ccc(N2CCOCC2)c(F)c1. The van der Waals surface area contributed by atoms with Gasteiger partial charge in [-0.05, 0) is 53.5 Å². The average Bonchev–Trinajstić information content (AvgIpc) is 3.42. The Kier molecular flexibility index (Phi) is 5.89. The van der Waals surface area contributed by atoms with Crippen LogP contribution >= 0.6 is 11.3 Å². The minimum absolute atomic E-state index is 0.0475. The lowest BCUT2D eigenvalue weighted by atomic mass is 10.1. The first-order chi connectivity index (χ1) is 16.7. The average molecular weight is 482 g/mol. The van der Waals surface area contributed by atoms with E-state index in [1.54, 1.807) is 17.4 Å². The summed E-state index contributed by atoms with van der Waals surface area (Å²) in [4.78, 5) is 20.4. The fraction of sp³-hybridized carbons (Fsp3) is 0.423. The molecule has 34 heavy (non-hydrogen) atoms. The number of anilines is 2. The first kappa shape index (κ1) is 21.8. The molecule has 1 aliphatic carbocycles. The molecule has 1 saturated carbocycles. The molecule has 2 aromatic heterocycles. The van der Waals surface area contributed by atoms with Gasteiger partial charge in [-0.3, -0.25) is 9.69 Å². The van der Waals surface area contributed by atoms with Crippen LogP contribution in [0, 0.1) is 23.6 Å². The summed E-state index contributed by atoms with van der Waals surface area (Å²) in [6.45, 7) is 6.16. The van der Waals surface area contributed by atoms with Crippen molar-refractivity contribution in [1.29, 1.82) is 0 Å². The predicted octanol–water partition coefficient (Wildman–Crippen LogP) is 4.34.